The molecule has 9 heteroatoms. The molecule has 3 rings (SSSR count). The van der Waals surface area contributed by atoms with Crippen LogP contribution in [0.15, 0.2) is 24.3 Å². The fourth-order valence-corrected chi connectivity index (χ4v) is 4.47. The fourth-order valence-electron chi connectivity index (χ4n) is 3.23. The van der Waals surface area contributed by atoms with E-state index in [0.29, 0.717) is 41.2 Å². The zero-order valence-corrected chi connectivity index (χ0v) is 17.8. The highest BCUT2D eigenvalue weighted by atomic mass is 32.1. The van der Waals surface area contributed by atoms with Gasteiger partial charge in [0.15, 0.2) is 5.78 Å². The maximum absolute atomic E-state index is 12.7. The second-order valence-electron chi connectivity index (χ2n) is 6.66. The summed E-state index contributed by atoms with van der Waals surface area (Å²) in [4.78, 5) is 51.0. The highest BCUT2D eigenvalue weighted by molar-refractivity contribution is 7.17. The zero-order valence-electron chi connectivity index (χ0n) is 16.9. The number of Topliss-reactive ketones (excluding diaryl/α,β-unsaturated/α-hetero) is 1. The zero-order chi connectivity index (χ0) is 21.8. The summed E-state index contributed by atoms with van der Waals surface area (Å²) in [7, 11) is 1.32. The average Bonchev–Trinajstić information content (AvgIpc) is 3.10. The van der Waals surface area contributed by atoms with Crippen LogP contribution in [0, 0.1) is 0 Å². The van der Waals surface area contributed by atoms with Crippen molar-refractivity contribution >= 4 is 40.1 Å². The highest BCUT2D eigenvalue weighted by Crippen LogP contribution is 2.38. The molecule has 1 aliphatic heterocycles. The van der Waals surface area contributed by atoms with Gasteiger partial charge in [-0.05, 0) is 38.0 Å². The number of hydrogen-bond acceptors (Lipinski definition) is 7. The largest absolute Gasteiger partial charge is 0.462 e. The molecule has 0 aliphatic carbocycles. The summed E-state index contributed by atoms with van der Waals surface area (Å²) < 4.78 is 9.97. The molecule has 1 aromatic heterocycles. The number of anilines is 1. The van der Waals surface area contributed by atoms with Crippen molar-refractivity contribution in [2.24, 2.45) is 0 Å². The monoisotopic (exact) mass is 430 g/mol. The Morgan fingerprint density at radius 1 is 1.13 bits per heavy atom. The number of thiophene rings is 1. The predicted octanol–water partition coefficient (Wildman–Crippen LogP) is 3.50. The molecule has 0 spiro atoms. The normalized spacial score (nSPS) is 12.7. The molecule has 2 aromatic rings. The van der Waals surface area contributed by atoms with Gasteiger partial charge in [0.25, 0.3) is 5.91 Å². The van der Waals surface area contributed by atoms with Gasteiger partial charge >= 0.3 is 12.1 Å². The molecule has 30 heavy (non-hydrogen) atoms. The predicted molar refractivity (Wildman–Crippen MR) is 111 cm³/mol. The molecule has 1 aliphatic rings. The van der Waals surface area contributed by atoms with Crippen LogP contribution in [0.5, 0.6) is 0 Å². The standard InChI is InChI=1S/C21H22N2O6S/c1-4-29-20(26)17-15-9-10-23(21(27)28-3)11-16(15)30-19(17)22-18(25)14-7-5-13(6-8-14)12(2)24/h5-8H,4,9-11H2,1-3H3,(H,22,25). The summed E-state index contributed by atoms with van der Waals surface area (Å²) in [6.45, 7) is 4.07. The minimum absolute atomic E-state index is 0.0901. The van der Waals surface area contributed by atoms with E-state index < -0.39 is 18.0 Å². The Balaban J connectivity index is 1.90. The lowest BCUT2D eigenvalue weighted by molar-refractivity contribution is 0.0526. The van der Waals surface area contributed by atoms with Crippen LogP contribution in [-0.4, -0.2) is 48.9 Å². The molecule has 0 fully saturated rings. The van der Waals surface area contributed by atoms with E-state index in [1.165, 1.54) is 25.4 Å². The van der Waals surface area contributed by atoms with E-state index in [2.05, 4.69) is 5.32 Å². The van der Waals surface area contributed by atoms with Crippen LogP contribution < -0.4 is 5.32 Å². The summed E-state index contributed by atoms with van der Waals surface area (Å²) in [5.41, 5.74) is 1.97. The Kier molecular flexibility index (Phi) is 6.51. The molecular weight excluding hydrogens is 408 g/mol. The van der Waals surface area contributed by atoms with E-state index in [1.807, 2.05) is 0 Å². The summed E-state index contributed by atoms with van der Waals surface area (Å²) in [6, 6.07) is 6.28. The van der Waals surface area contributed by atoms with E-state index in [1.54, 1.807) is 36.1 Å². The molecule has 0 bridgehead atoms. The number of amides is 2. The Bertz CT molecular complexity index is 996. The number of fused-ring (bicyclic) bond motifs is 1. The lowest BCUT2D eigenvalue weighted by atomic mass is 10.0. The van der Waals surface area contributed by atoms with Crippen molar-refractivity contribution in [3.05, 3.63) is 51.4 Å². The van der Waals surface area contributed by atoms with Gasteiger partial charge in [0.1, 0.15) is 5.00 Å². The summed E-state index contributed by atoms with van der Waals surface area (Å²) in [5.74, 6) is -1.00. The van der Waals surface area contributed by atoms with Gasteiger partial charge in [0.05, 0.1) is 25.8 Å². The molecular formula is C21H22N2O6S. The molecule has 1 aromatic carbocycles. The van der Waals surface area contributed by atoms with Crippen LogP contribution in [0.25, 0.3) is 0 Å². The molecule has 0 saturated heterocycles. The first-order valence-electron chi connectivity index (χ1n) is 9.42. The number of rotatable bonds is 5. The van der Waals surface area contributed by atoms with Crippen LogP contribution >= 0.6 is 11.3 Å². The number of carbonyl (C=O) groups is 4. The lowest BCUT2D eigenvalue weighted by Gasteiger charge is -2.25. The van der Waals surface area contributed by atoms with Crippen LogP contribution in [0.2, 0.25) is 0 Å². The Hall–Kier alpha value is -3.20. The van der Waals surface area contributed by atoms with E-state index >= 15 is 0 Å². The summed E-state index contributed by atoms with van der Waals surface area (Å²) in [5, 5.41) is 3.17. The number of methoxy groups -OCH3 is 1. The smallest absolute Gasteiger partial charge is 0.409 e. The quantitative estimate of drug-likeness (QED) is 0.575. The number of hydrogen-bond donors (Lipinski definition) is 1. The molecule has 0 saturated carbocycles. The van der Waals surface area contributed by atoms with E-state index in [-0.39, 0.29) is 12.4 Å². The van der Waals surface area contributed by atoms with Gasteiger partial charge in [0.2, 0.25) is 0 Å². The van der Waals surface area contributed by atoms with Gasteiger partial charge in [0, 0.05) is 22.5 Å². The third-order valence-electron chi connectivity index (χ3n) is 4.75. The number of ether oxygens (including phenoxy) is 2. The van der Waals surface area contributed by atoms with Crippen LogP contribution in [0.3, 0.4) is 0 Å². The SMILES string of the molecule is CCOC(=O)c1c(NC(=O)c2ccc(C(C)=O)cc2)sc2c1CCN(C(=O)OC)C2. The minimum Gasteiger partial charge on any atom is -0.462 e. The van der Waals surface area contributed by atoms with Crippen molar-refractivity contribution < 1.29 is 28.7 Å². The van der Waals surface area contributed by atoms with Crippen LogP contribution in [-0.2, 0) is 22.4 Å². The van der Waals surface area contributed by atoms with Crippen molar-refractivity contribution in [3.63, 3.8) is 0 Å². The topological polar surface area (TPSA) is 102 Å². The minimum atomic E-state index is -0.510. The Morgan fingerprint density at radius 2 is 1.80 bits per heavy atom. The molecule has 0 radical (unpaired) electrons. The third kappa shape index (κ3) is 4.35. The molecule has 1 N–H and O–H groups in total. The van der Waals surface area contributed by atoms with E-state index in [9.17, 15) is 19.2 Å². The first-order valence-corrected chi connectivity index (χ1v) is 10.2. The van der Waals surface area contributed by atoms with Crippen molar-refractivity contribution in [1.29, 1.82) is 0 Å². The van der Waals surface area contributed by atoms with E-state index in [0.717, 1.165) is 10.4 Å². The van der Waals surface area contributed by atoms with Crippen molar-refractivity contribution in [1.82, 2.24) is 4.90 Å². The lowest BCUT2D eigenvalue weighted by Crippen LogP contribution is -2.35. The van der Waals surface area contributed by atoms with E-state index in [4.69, 9.17) is 9.47 Å². The maximum atomic E-state index is 12.7. The number of esters is 1. The molecule has 2 heterocycles. The average molecular weight is 430 g/mol. The highest BCUT2D eigenvalue weighted by Gasteiger charge is 2.31. The van der Waals surface area contributed by atoms with Crippen LogP contribution in [0.1, 0.15) is 55.4 Å². The Morgan fingerprint density at radius 3 is 2.40 bits per heavy atom. The summed E-state index contributed by atoms with van der Waals surface area (Å²) in [6.07, 6.45) is 0.0148. The van der Waals surface area contributed by atoms with Gasteiger partial charge in [-0.2, -0.15) is 0 Å². The van der Waals surface area contributed by atoms with Gasteiger partial charge in [-0.25, -0.2) is 9.59 Å². The van der Waals surface area contributed by atoms with Gasteiger partial charge in [-0.15, -0.1) is 11.3 Å². The molecule has 0 atom stereocenters. The number of carbonyl (C=O) groups excluding carboxylic acids is 4. The maximum Gasteiger partial charge on any atom is 0.409 e. The fraction of sp³-hybridized carbons (Fsp3) is 0.333. The van der Waals surface area contributed by atoms with Gasteiger partial charge in [-0.1, -0.05) is 12.1 Å². The molecule has 8 nitrogen and oxygen atoms in total. The molecule has 2 amide bonds. The first kappa shape index (κ1) is 21.5. The second kappa shape index (κ2) is 9.08. The number of ketones is 1. The molecule has 0 unspecified atom stereocenters. The van der Waals surface area contributed by atoms with Gasteiger partial charge in [-0.3, -0.25) is 9.59 Å². The first-order chi connectivity index (χ1) is 14.3. The van der Waals surface area contributed by atoms with Crippen molar-refractivity contribution in [2.75, 3.05) is 25.6 Å². The van der Waals surface area contributed by atoms with Gasteiger partial charge < -0.3 is 19.7 Å². The van der Waals surface area contributed by atoms with Crippen molar-refractivity contribution in [3.8, 4) is 0 Å². The molecule has 158 valence electrons. The third-order valence-corrected chi connectivity index (χ3v) is 5.88. The van der Waals surface area contributed by atoms with Crippen LogP contribution in [0.4, 0.5) is 9.80 Å². The number of nitrogens with zero attached hydrogens (tertiary/aromatic N) is 1. The number of benzene rings is 1. The summed E-state index contributed by atoms with van der Waals surface area (Å²) >= 11 is 1.24. The van der Waals surface area contributed by atoms with Crippen molar-refractivity contribution in [2.45, 2.75) is 26.8 Å². The second-order valence-corrected chi connectivity index (χ2v) is 7.76. The Labute approximate surface area is 177 Å². The number of nitrogens with one attached hydrogen (secondary N) is 1.